The molecule has 3 rings (SSSR count). The summed E-state index contributed by atoms with van der Waals surface area (Å²) in [6.07, 6.45) is 8.35. The lowest BCUT2D eigenvalue weighted by Gasteiger charge is -2.33. The Balaban J connectivity index is 2.33. The van der Waals surface area contributed by atoms with Gasteiger partial charge in [0.15, 0.2) is 0 Å². The van der Waals surface area contributed by atoms with Crippen molar-refractivity contribution in [2.24, 2.45) is 0 Å². The molecule has 0 saturated heterocycles. The maximum absolute atomic E-state index is 9.83. The molecule has 0 radical (unpaired) electrons. The summed E-state index contributed by atoms with van der Waals surface area (Å²) in [5, 5.41) is 0.921. The second-order valence-corrected chi connectivity index (χ2v) is 11.8. The highest BCUT2D eigenvalue weighted by Crippen LogP contribution is 2.49. The van der Waals surface area contributed by atoms with Gasteiger partial charge in [0.05, 0.1) is 12.7 Å². The van der Waals surface area contributed by atoms with Gasteiger partial charge in [-0.15, -0.1) is 0 Å². The van der Waals surface area contributed by atoms with Crippen LogP contribution in [0.1, 0.15) is 154 Å². The Hall–Kier alpha value is -1.64. The fourth-order valence-corrected chi connectivity index (χ4v) is 7.11. The molecule has 1 heterocycles. The quantitative estimate of drug-likeness (QED) is 0.208. The molecular formula is C35H52Cl2N2. The van der Waals surface area contributed by atoms with Crippen LogP contribution < -0.4 is 9.80 Å². The molecule has 0 bridgehead atoms. The van der Waals surface area contributed by atoms with Crippen LogP contribution in [0.5, 0.6) is 0 Å². The van der Waals surface area contributed by atoms with Gasteiger partial charge in [-0.1, -0.05) is 115 Å². The number of nitrogens with zero attached hydrogens (tertiary/aromatic N) is 2. The van der Waals surface area contributed by atoms with E-state index in [0.717, 1.165) is 62.7 Å². The molecule has 0 fully saturated rings. The monoisotopic (exact) mass is 571 g/mol. The number of benzene rings is 2. The molecule has 2 aromatic carbocycles. The minimum absolute atomic E-state index is 0.394. The van der Waals surface area contributed by atoms with Crippen LogP contribution in [-0.4, -0.2) is 6.64 Å². The molecule has 1 aliphatic rings. The van der Waals surface area contributed by atoms with Crippen molar-refractivity contribution in [1.82, 2.24) is 0 Å². The van der Waals surface area contributed by atoms with Crippen LogP contribution in [-0.2, 0) is 0 Å². The SMILES string of the molecule is [2H]C1N(c2c(C(CC)CC)cccc2C(CC)CC)C(Cl)=C(Cl)N1c1c(C(CC)CC)cccc1C(CC)CC. The van der Waals surface area contributed by atoms with E-state index in [1.165, 1.54) is 22.3 Å². The predicted molar refractivity (Wildman–Crippen MR) is 175 cm³/mol. The number of hydrogen-bond acceptors (Lipinski definition) is 2. The van der Waals surface area contributed by atoms with E-state index in [2.05, 4.69) is 91.8 Å². The normalized spacial score (nSPS) is 15.2. The van der Waals surface area contributed by atoms with E-state index in [0.29, 0.717) is 34.0 Å². The largest absolute Gasteiger partial charge is 0.310 e. The van der Waals surface area contributed by atoms with Crippen molar-refractivity contribution in [2.45, 2.75) is 130 Å². The number of para-hydroxylation sites is 2. The molecule has 0 unspecified atom stereocenters. The van der Waals surface area contributed by atoms with E-state index in [-0.39, 0.29) is 0 Å². The zero-order valence-electron chi connectivity index (χ0n) is 26.7. The van der Waals surface area contributed by atoms with Crippen LogP contribution in [0, 0.1) is 0 Å². The van der Waals surface area contributed by atoms with Crippen LogP contribution in [0.3, 0.4) is 0 Å². The third-order valence-electron chi connectivity index (χ3n) is 9.20. The smallest absolute Gasteiger partial charge is 0.146 e. The van der Waals surface area contributed by atoms with Crippen LogP contribution >= 0.6 is 23.2 Å². The Labute approximate surface area is 251 Å². The molecule has 0 aliphatic carbocycles. The first-order chi connectivity index (χ1) is 19.3. The summed E-state index contributed by atoms with van der Waals surface area (Å²) in [6.45, 7) is 17.3. The highest BCUT2D eigenvalue weighted by Gasteiger charge is 2.36. The van der Waals surface area contributed by atoms with Crippen molar-refractivity contribution in [3.63, 3.8) is 0 Å². The second kappa shape index (κ2) is 14.8. The van der Waals surface area contributed by atoms with Gasteiger partial charge in [0.1, 0.15) is 17.0 Å². The summed E-state index contributed by atoms with van der Waals surface area (Å²) in [7, 11) is 0. The molecule has 0 N–H and O–H groups in total. The van der Waals surface area contributed by atoms with E-state index in [4.69, 9.17) is 23.2 Å². The molecular weight excluding hydrogens is 519 g/mol. The summed E-state index contributed by atoms with van der Waals surface area (Å²) in [4.78, 5) is 4.07. The van der Waals surface area contributed by atoms with Gasteiger partial charge in [-0.25, -0.2) is 0 Å². The van der Waals surface area contributed by atoms with E-state index >= 15 is 0 Å². The lowest BCUT2D eigenvalue weighted by atomic mass is 9.85. The number of hydrogen-bond donors (Lipinski definition) is 0. The molecule has 2 nitrogen and oxygen atoms in total. The maximum Gasteiger partial charge on any atom is 0.146 e. The minimum Gasteiger partial charge on any atom is -0.310 e. The van der Waals surface area contributed by atoms with Crippen molar-refractivity contribution in [3.05, 3.63) is 69.0 Å². The lowest BCUT2D eigenvalue weighted by Crippen LogP contribution is -2.30. The third-order valence-corrected chi connectivity index (χ3v) is 10.0. The summed E-state index contributed by atoms with van der Waals surface area (Å²) < 4.78 is 9.83. The Morgan fingerprint density at radius 3 is 0.974 bits per heavy atom. The van der Waals surface area contributed by atoms with Gasteiger partial charge in [-0.2, -0.15) is 0 Å². The minimum atomic E-state index is -0.785. The van der Waals surface area contributed by atoms with E-state index < -0.39 is 6.64 Å². The van der Waals surface area contributed by atoms with Gasteiger partial charge in [0.25, 0.3) is 0 Å². The summed E-state index contributed by atoms with van der Waals surface area (Å²) >= 11 is 14.5. The number of anilines is 2. The van der Waals surface area contributed by atoms with Crippen molar-refractivity contribution in [2.75, 3.05) is 16.4 Å². The average Bonchev–Trinajstić information content (AvgIpc) is 3.19. The summed E-state index contributed by atoms with van der Waals surface area (Å²) in [5.41, 5.74) is 7.32. The highest BCUT2D eigenvalue weighted by atomic mass is 35.5. The standard InChI is InChI=1S/C35H52Cl2N2/c1-9-24(10-2)28-19-17-20-29(25(11-3)12-4)32(28)38-23-39(35(37)34(38)36)33-30(26(13-5)14-6)21-18-22-31(33)27(15-7)16-8/h17-22,24-27H,9-16,23H2,1-8H3/i23D. The van der Waals surface area contributed by atoms with Gasteiger partial charge in [-0.05, 0) is 97.3 Å². The first-order valence-corrected chi connectivity index (χ1v) is 16.4. The Bertz CT molecular complexity index is 982. The first kappa shape index (κ1) is 30.3. The van der Waals surface area contributed by atoms with Crippen molar-refractivity contribution in [1.29, 1.82) is 0 Å². The zero-order valence-corrected chi connectivity index (χ0v) is 27.2. The summed E-state index contributed by atoms with van der Waals surface area (Å²) in [6, 6.07) is 13.4. The maximum atomic E-state index is 9.83. The average molecular weight is 573 g/mol. The van der Waals surface area contributed by atoms with Gasteiger partial charge < -0.3 is 9.80 Å². The highest BCUT2D eigenvalue weighted by molar-refractivity contribution is 6.42. The Morgan fingerprint density at radius 1 is 0.538 bits per heavy atom. The van der Waals surface area contributed by atoms with Crippen LogP contribution in [0.25, 0.3) is 0 Å². The van der Waals surface area contributed by atoms with Crippen LogP contribution in [0.4, 0.5) is 11.4 Å². The van der Waals surface area contributed by atoms with Crippen molar-refractivity contribution in [3.8, 4) is 0 Å². The van der Waals surface area contributed by atoms with Gasteiger partial charge >= 0.3 is 0 Å². The van der Waals surface area contributed by atoms with Crippen LogP contribution in [0.15, 0.2) is 46.7 Å². The lowest BCUT2D eigenvalue weighted by molar-refractivity contribution is 0.618. The molecule has 2 aromatic rings. The topological polar surface area (TPSA) is 6.48 Å². The van der Waals surface area contributed by atoms with E-state index in [9.17, 15) is 1.37 Å². The van der Waals surface area contributed by atoms with Gasteiger partial charge in [-0.3, -0.25) is 0 Å². The van der Waals surface area contributed by atoms with E-state index in [1.54, 1.807) is 0 Å². The molecule has 0 spiro atoms. The molecule has 39 heavy (non-hydrogen) atoms. The molecule has 0 saturated carbocycles. The second-order valence-electron chi connectivity index (χ2n) is 11.1. The zero-order chi connectivity index (χ0) is 29.6. The molecule has 0 atom stereocenters. The molecule has 0 amide bonds. The fraction of sp³-hybridized carbons (Fsp3) is 0.600. The van der Waals surface area contributed by atoms with E-state index in [1.807, 2.05) is 9.80 Å². The Morgan fingerprint density at radius 2 is 0.769 bits per heavy atom. The number of rotatable bonds is 14. The van der Waals surface area contributed by atoms with Gasteiger partial charge in [0.2, 0.25) is 0 Å². The molecule has 1 aliphatic heterocycles. The molecule has 0 aromatic heterocycles. The first-order valence-electron chi connectivity index (χ1n) is 16.2. The summed E-state index contributed by atoms with van der Waals surface area (Å²) in [5.74, 6) is 1.58. The predicted octanol–water partition coefficient (Wildman–Crippen LogP) is 12.2. The number of halogens is 2. The fourth-order valence-electron chi connectivity index (χ4n) is 6.68. The molecule has 4 heteroatoms. The Kier molecular flexibility index (Phi) is 11.5. The third kappa shape index (κ3) is 6.33. The van der Waals surface area contributed by atoms with Gasteiger partial charge in [0, 0.05) is 0 Å². The van der Waals surface area contributed by atoms with Crippen molar-refractivity contribution >= 4 is 34.6 Å². The van der Waals surface area contributed by atoms with Crippen molar-refractivity contribution < 1.29 is 1.37 Å². The molecule has 216 valence electrons. The van der Waals surface area contributed by atoms with Crippen LogP contribution in [0.2, 0.25) is 0 Å².